The first kappa shape index (κ1) is 41.7. The van der Waals surface area contributed by atoms with Crippen LogP contribution in [0.4, 0.5) is 10.5 Å². The third-order valence-corrected chi connectivity index (χ3v) is 23.8. The van der Waals surface area contributed by atoms with Gasteiger partial charge < -0.3 is 32.0 Å². The molecule has 0 aliphatic rings. The van der Waals surface area contributed by atoms with Gasteiger partial charge in [-0.15, -0.1) is 0 Å². The summed E-state index contributed by atoms with van der Waals surface area (Å²) in [6.07, 6.45) is 4.02. The molecule has 0 heterocycles. The van der Waals surface area contributed by atoms with Crippen molar-refractivity contribution in [2.24, 2.45) is 0 Å². The first-order valence-electron chi connectivity index (χ1n) is 17.6. The molecule has 0 unspecified atom stereocenters. The van der Waals surface area contributed by atoms with Crippen molar-refractivity contribution < 1.29 is 36.8 Å². The number of nitrogens with one attached hydrogen (secondary N) is 1. The zero-order valence-corrected chi connectivity index (χ0v) is 35.8. The highest BCUT2D eigenvalue weighted by Crippen LogP contribution is 2.31. The maximum absolute atomic E-state index is 12.5. The zero-order valence-electron chi connectivity index (χ0n) is 31.8. The zero-order chi connectivity index (χ0) is 37.2. The Labute approximate surface area is 304 Å². The second kappa shape index (κ2) is 18.1. The summed E-state index contributed by atoms with van der Waals surface area (Å²) in [6, 6.07) is 20.8. The van der Waals surface area contributed by atoms with Crippen molar-refractivity contribution >= 4 is 45.5 Å². The number of carbonyl (C=O) groups excluding carboxylic acids is 1. The summed E-state index contributed by atoms with van der Waals surface area (Å²) in [5, 5.41) is 22.1. The van der Waals surface area contributed by atoms with E-state index >= 15 is 0 Å². The van der Waals surface area contributed by atoms with Crippen LogP contribution < -0.4 is 14.8 Å². The Morgan fingerprint density at radius 1 is 0.700 bits per heavy atom. The number of hydrogen-bond acceptors (Lipinski definition) is 8. The predicted molar refractivity (Wildman–Crippen MR) is 212 cm³/mol. The minimum absolute atomic E-state index is 0.134. The fraction of sp³-hybridized carbons (Fsp3) is 0.486. The first-order chi connectivity index (χ1) is 23.3. The van der Waals surface area contributed by atoms with Crippen LogP contribution in [0.3, 0.4) is 0 Å². The van der Waals surface area contributed by atoms with Crippen LogP contribution in [0.15, 0.2) is 60.7 Å². The number of aliphatic hydroxyl groups excluding tert-OH is 1. The van der Waals surface area contributed by atoms with Crippen LogP contribution in [0, 0.1) is 0 Å². The Morgan fingerprint density at radius 3 is 1.74 bits per heavy atom. The molecule has 0 saturated heterocycles. The summed E-state index contributed by atoms with van der Waals surface area (Å²) in [4.78, 5) is 12.5. The molecule has 0 atom stereocenters. The van der Waals surface area contributed by atoms with Gasteiger partial charge >= 0.3 is 23.2 Å². The van der Waals surface area contributed by atoms with E-state index in [-0.39, 0.29) is 12.4 Å². The number of aryl methyl sites for hydroxylation is 3. The molecule has 0 radical (unpaired) electrons. The lowest BCUT2D eigenvalue weighted by Crippen LogP contribution is -2.56. The van der Waals surface area contributed by atoms with Crippen LogP contribution in [-0.2, 0) is 38.2 Å². The lowest BCUT2D eigenvalue weighted by atomic mass is 10.1. The van der Waals surface area contributed by atoms with Gasteiger partial charge in [-0.3, -0.25) is 5.32 Å². The summed E-state index contributed by atoms with van der Waals surface area (Å²) in [5.41, 5.74) is 4.65. The van der Waals surface area contributed by atoms with E-state index in [1.807, 2.05) is 48.5 Å². The molecule has 50 heavy (non-hydrogen) atoms. The Balaban J connectivity index is 1.47. The first-order valence-corrected chi connectivity index (χ1v) is 29.5. The van der Waals surface area contributed by atoms with Crippen LogP contribution in [0.5, 0.6) is 17.2 Å². The summed E-state index contributed by atoms with van der Waals surface area (Å²) in [5.74, 6) is 1.02. The molecule has 3 aromatic carbocycles. The molecule has 0 aromatic heterocycles. The summed E-state index contributed by atoms with van der Waals surface area (Å²) in [6.45, 7) is 19.5. The third-order valence-electron chi connectivity index (χ3n) is 8.38. The van der Waals surface area contributed by atoms with Gasteiger partial charge in [-0.25, -0.2) is 4.79 Å². The Bertz CT molecular complexity index is 1550. The molecule has 0 saturated carbocycles. The maximum atomic E-state index is 12.5. The highest BCUT2D eigenvalue weighted by molar-refractivity contribution is 6.89. The van der Waals surface area contributed by atoms with E-state index in [4.69, 9.17) is 21.8 Å². The van der Waals surface area contributed by atoms with Crippen molar-refractivity contribution in [3.63, 3.8) is 0 Å². The van der Waals surface area contributed by atoms with Crippen molar-refractivity contribution in [3.8, 4) is 17.2 Å². The summed E-state index contributed by atoms with van der Waals surface area (Å²) >= 11 is 0. The van der Waals surface area contributed by atoms with Crippen molar-refractivity contribution in [3.05, 3.63) is 82.9 Å². The summed E-state index contributed by atoms with van der Waals surface area (Å²) < 4.78 is 31.6. The number of hydrogen-bond donors (Lipinski definition) is 3. The third kappa shape index (κ3) is 14.1. The van der Waals surface area contributed by atoms with Gasteiger partial charge in [0, 0.05) is 11.3 Å². The Hall–Kier alpha value is -2.76. The number of ether oxygens (including phenoxy) is 2. The molecule has 276 valence electrons. The van der Waals surface area contributed by atoms with Gasteiger partial charge in [-0.05, 0) is 150 Å². The van der Waals surface area contributed by atoms with Gasteiger partial charge in [0.25, 0.3) is 0 Å². The lowest BCUT2D eigenvalue weighted by Gasteiger charge is -2.41. The Kier molecular flexibility index (Phi) is 15.1. The van der Waals surface area contributed by atoms with Crippen molar-refractivity contribution in [2.75, 3.05) is 12.4 Å². The average molecular weight is 758 g/mol. The van der Waals surface area contributed by atoms with Gasteiger partial charge in [-0.1, -0.05) is 31.2 Å². The number of carbonyl (C=O) groups is 1. The number of anilines is 1. The molecule has 3 aromatic rings. The van der Waals surface area contributed by atoms with Gasteiger partial charge in [-0.2, -0.15) is 0 Å². The number of aromatic hydroxyl groups is 1. The molecule has 0 bridgehead atoms. The molecule has 3 rings (SSSR count). The smallest absolute Gasteiger partial charge is 0.417 e. The highest BCUT2D eigenvalue weighted by atomic mass is 28.5. The van der Waals surface area contributed by atoms with E-state index < -0.39 is 39.8 Å². The van der Waals surface area contributed by atoms with Crippen molar-refractivity contribution in [1.29, 1.82) is 0 Å². The van der Waals surface area contributed by atoms with Crippen molar-refractivity contribution in [1.82, 2.24) is 0 Å². The summed E-state index contributed by atoms with van der Waals surface area (Å²) in [7, 11) is -7.42. The van der Waals surface area contributed by atoms with Crippen molar-refractivity contribution in [2.45, 2.75) is 110 Å². The number of aliphatic hydroxyl groups is 1. The SMILES string of the molecule is CCc1ccc(NC(=O)Oc2ccc(CCC[Si](C)(C)O[Si](C)(C)O[Si](C)(C)O[Si](C)(C)CCCc3ccc(O)c(CO)c3)cc2OC)cc1. The molecule has 0 aliphatic carbocycles. The van der Waals surface area contributed by atoms with E-state index in [2.05, 4.69) is 64.6 Å². The van der Waals surface area contributed by atoms with Gasteiger partial charge in [0.05, 0.1) is 13.7 Å². The average Bonchev–Trinajstić information content (AvgIpc) is 3.00. The largest absolute Gasteiger partial charge is 0.508 e. The van der Waals surface area contributed by atoms with Crippen LogP contribution in [-0.4, -0.2) is 57.2 Å². The van der Waals surface area contributed by atoms with Gasteiger partial charge in [0.1, 0.15) is 5.75 Å². The van der Waals surface area contributed by atoms with Crippen LogP contribution in [0.25, 0.3) is 0 Å². The molecule has 9 nitrogen and oxygen atoms in total. The molecule has 3 N–H and O–H groups in total. The highest BCUT2D eigenvalue weighted by Gasteiger charge is 2.43. The standard InChI is InChI=1S/C37H59NO8Si4/c1-11-29-16-20-33(21-17-29)38-37(41)43-35-23-19-31(27-36(35)42-2)15-13-25-48(5,6)45-50(9,10)46-49(7,8)44-47(3,4)24-12-14-30-18-22-34(40)32(26-30)28-39/h16-23,26-27,39-40H,11-15,24-25,28H2,1-10H3,(H,38,41). The lowest BCUT2D eigenvalue weighted by molar-refractivity contribution is 0.213. The van der Waals surface area contributed by atoms with E-state index in [0.29, 0.717) is 22.7 Å². The fourth-order valence-electron chi connectivity index (χ4n) is 6.44. The minimum atomic E-state index is -2.48. The normalized spacial score (nSPS) is 12.5. The van der Waals surface area contributed by atoms with E-state index in [0.717, 1.165) is 55.3 Å². The quantitative estimate of drug-likeness (QED) is 0.104. The van der Waals surface area contributed by atoms with E-state index in [9.17, 15) is 15.0 Å². The van der Waals surface area contributed by atoms with E-state index in [1.54, 1.807) is 19.2 Å². The molecular formula is C37H59NO8Si4. The molecule has 0 fully saturated rings. The topological polar surface area (TPSA) is 116 Å². The van der Waals surface area contributed by atoms with Crippen LogP contribution >= 0.6 is 0 Å². The minimum Gasteiger partial charge on any atom is -0.508 e. The maximum Gasteiger partial charge on any atom is 0.417 e. The van der Waals surface area contributed by atoms with Crippen LogP contribution in [0.1, 0.15) is 42.0 Å². The predicted octanol–water partition coefficient (Wildman–Crippen LogP) is 9.50. The number of benzene rings is 3. The molecule has 0 aliphatic heterocycles. The second-order valence-corrected chi connectivity index (χ2v) is 31.1. The monoisotopic (exact) mass is 757 g/mol. The van der Waals surface area contributed by atoms with Gasteiger partial charge in [0.15, 0.2) is 28.1 Å². The second-order valence-electron chi connectivity index (χ2n) is 15.0. The van der Waals surface area contributed by atoms with Gasteiger partial charge in [0.2, 0.25) is 0 Å². The number of methoxy groups -OCH3 is 1. The number of phenols is 1. The molecular weight excluding hydrogens is 699 g/mol. The molecule has 13 heteroatoms. The Morgan fingerprint density at radius 2 is 1.22 bits per heavy atom. The van der Waals surface area contributed by atoms with Crippen LogP contribution in [0.2, 0.25) is 64.5 Å². The number of rotatable bonds is 19. The molecule has 1 amide bonds. The number of amides is 1. The van der Waals surface area contributed by atoms with E-state index in [1.165, 1.54) is 5.56 Å². The molecule has 0 spiro atoms. The fourth-order valence-corrected chi connectivity index (χ4v) is 25.8.